The van der Waals surface area contributed by atoms with E-state index in [0.29, 0.717) is 12.1 Å². The second kappa shape index (κ2) is 9.45. The Labute approximate surface area is 143 Å². The van der Waals surface area contributed by atoms with Crippen molar-refractivity contribution in [3.05, 3.63) is 35.4 Å². The van der Waals surface area contributed by atoms with E-state index in [0.717, 1.165) is 24.6 Å². The molecule has 0 saturated heterocycles. The summed E-state index contributed by atoms with van der Waals surface area (Å²) in [6.45, 7) is 8.69. The first-order valence-electron chi connectivity index (χ1n) is 7.80. The van der Waals surface area contributed by atoms with E-state index in [1.807, 2.05) is 36.0 Å². The molecule has 0 atom stereocenters. The van der Waals surface area contributed by atoms with E-state index in [1.54, 1.807) is 7.05 Å². The molecule has 3 N–H and O–H groups in total. The lowest BCUT2D eigenvalue weighted by atomic mass is 10.1. The maximum atomic E-state index is 11.5. The number of thioether (sulfide) groups is 1. The van der Waals surface area contributed by atoms with Gasteiger partial charge in [-0.25, -0.2) is 4.99 Å². The van der Waals surface area contributed by atoms with Crippen molar-refractivity contribution in [2.24, 2.45) is 4.99 Å². The molecule has 23 heavy (non-hydrogen) atoms. The Hall–Kier alpha value is -1.69. The van der Waals surface area contributed by atoms with Gasteiger partial charge in [-0.05, 0) is 44.7 Å². The monoisotopic (exact) mass is 336 g/mol. The Bertz CT molecular complexity index is 526. The van der Waals surface area contributed by atoms with Crippen molar-refractivity contribution in [1.29, 1.82) is 0 Å². The minimum Gasteiger partial charge on any atom is -0.357 e. The Morgan fingerprint density at radius 2 is 1.87 bits per heavy atom. The molecule has 128 valence electrons. The standard InChI is InChI=1S/C17H28N4OS/c1-6-19-16(21-12-17(2,3)23-5)20-11-13-7-9-14(10-8-13)15(22)18-4/h7-10H,6,11-12H2,1-5H3,(H,18,22)(H2,19,20,21). The van der Waals surface area contributed by atoms with Gasteiger partial charge in [0.25, 0.3) is 5.91 Å². The van der Waals surface area contributed by atoms with Gasteiger partial charge in [-0.2, -0.15) is 11.8 Å². The minimum absolute atomic E-state index is 0.0747. The molecule has 0 bridgehead atoms. The maximum Gasteiger partial charge on any atom is 0.251 e. The number of guanidine groups is 1. The summed E-state index contributed by atoms with van der Waals surface area (Å²) in [5.41, 5.74) is 1.73. The summed E-state index contributed by atoms with van der Waals surface area (Å²) in [6, 6.07) is 7.51. The van der Waals surface area contributed by atoms with Crippen molar-refractivity contribution in [2.45, 2.75) is 32.1 Å². The number of rotatable bonds is 7. The van der Waals surface area contributed by atoms with Gasteiger partial charge in [0.2, 0.25) is 0 Å². The van der Waals surface area contributed by atoms with Crippen molar-refractivity contribution < 1.29 is 4.79 Å². The van der Waals surface area contributed by atoms with Crippen molar-refractivity contribution in [2.75, 3.05) is 26.4 Å². The molecule has 0 aliphatic carbocycles. The van der Waals surface area contributed by atoms with Crippen LogP contribution in [0.4, 0.5) is 0 Å². The first kappa shape index (κ1) is 19.4. The van der Waals surface area contributed by atoms with Gasteiger partial charge in [-0.1, -0.05) is 12.1 Å². The molecule has 0 radical (unpaired) electrons. The number of carbonyl (C=O) groups is 1. The van der Waals surface area contributed by atoms with Crippen LogP contribution < -0.4 is 16.0 Å². The number of nitrogens with one attached hydrogen (secondary N) is 3. The number of aliphatic imine (C=N–C) groups is 1. The highest BCUT2D eigenvalue weighted by atomic mass is 32.2. The number of carbonyl (C=O) groups excluding carboxylic acids is 1. The van der Waals surface area contributed by atoms with Crippen molar-refractivity contribution in [1.82, 2.24) is 16.0 Å². The average Bonchev–Trinajstić information content (AvgIpc) is 2.57. The zero-order chi connectivity index (χ0) is 17.3. The lowest BCUT2D eigenvalue weighted by Gasteiger charge is -2.23. The quantitative estimate of drug-likeness (QED) is 0.528. The SMILES string of the molecule is CCNC(=NCc1ccc(C(=O)NC)cc1)NCC(C)(C)SC. The fourth-order valence-electron chi connectivity index (χ4n) is 1.79. The van der Waals surface area contributed by atoms with Crippen LogP contribution in [0.5, 0.6) is 0 Å². The van der Waals surface area contributed by atoms with Crippen LogP contribution in [0.15, 0.2) is 29.3 Å². The van der Waals surface area contributed by atoms with Crippen molar-refractivity contribution in [3.63, 3.8) is 0 Å². The van der Waals surface area contributed by atoms with Crippen LogP contribution >= 0.6 is 11.8 Å². The molecule has 1 amide bonds. The molecule has 0 heterocycles. The molecule has 0 saturated carbocycles. The van der Waals surface area contributed by atoms with Crippen LogP contribution in [0.3, 0.4) is 0 Å². The smallest absolute Gasteiger partial charge is 0.251 e. The average molecular weight is 337 g/mol. The maximum absolute atomic E-state index is 11.5. The fraction of sp³-hybridized carbons (Fsp3) is 0.529. The van der Waals surface area contributed by atoms with Gasteiger partial charge in [0.15, 0.2) is 5.96 Å². The van der Waals surface area contributed by atoms with Gasteiger partial charge in [0.1, 0.15) is 0 Å². The zero-order valence-corrected chi connectivity index (χ0v) is 15.5. The molecule has 0 fully saturated rings. The first-order chi connectivity index (χ1) is 10.9. The Morgan fingerprint density at radius 1 is 1.22 bits per heavy atom. The van der Waals surface area contributed by atoms with Gasteiger partial charge in [0.05, 0.1) is 6.54 Å². The summed E-state index contributed by atoms with van der Waals surface area (Å²) in [5, 5.41) is 9.24. The van der Waals surface area contributed by atoms with Crippen LogP contribution in [0.2, 0.25) is 0 Å². The molecule has 0 unspecified atom stereocenters. The summed E-state index contributed by atoms with van der Waals surface area (Å²) in [7, 11) is 1.63. The molecule has 0 spiro atoms. The number of benzene rings is 1. The van der Waals surface area contributed by atoms with E-state index in [4.69, 9.17) is 0 Å². The molecular weight excluding hydrogens is 308 g/mol. The first-order valence-corrected chi connectivity index (χ1v) is 9.02. The van der Waals surface area contributed by atoms with Gasteiger partial charge >= 0.3 is 0 Å². The van der Waals surface area contributed by atoms with E-state index in [-0.39, 0.29) is 10.7 Å². The highest BCUT2D eigenvalue weighted by Crippen LogP contribution is 2.19. The van der Waals surface area contributed by atoms with Gasteiger partial charge in [0, 0.05) is 30.4 Å². The summed E-state index contributed by atoms with van der Waals surface area (Å²) in [5.74, 6) is 0.736. The van der Waals surface area contributed by atoms with Crippen molar-refractivity contribution >= 4 is 23.6 Å². The largest absolute Gasteiger partial charge is 0.357 e. The molecule has 1 aromatic rings. The molecule has 0 aliphatic heterocycles. The highest BCUT2D eigenvalue weighted by molar-refractivity contribution is 7.99. The van der Waals surface area contributed by atoms with Gasteiger partial charge in [-0.3, -0.25) is 4.79 Å². The summed E-state index contributed by atoms with van der Waals surface area (Å²) >= 11 is 1.82. The van der Waals surface area contributed by atoms with E-state index < -0.39 is 0 Å². The Morgan fingerprint density at radius 3 is 2.39 bits per heavy atom. The number of nitrogens with zero attached hydrogens (tertiary/aromatic N) is 1. The second-order valence-corrected chi connectivity index (χ2v) is 7.30. The lowest BCUT2D eigenvalue weighted by molar-refractivity contribution is 0.0963. The third kappa shape index (κ3) is 6.95. The molecule has 1 rings (SSSR count). The highest BCUT2D eigenvalue weighted by Gasteiger charge is 2.16. The van der Waals surface area contributed by atoms with E-state index in [1.165, 1.54) is 0 Å². The van der Waals surface area contributed by atoms with Crippen LogP contribution in [-0.4, -0.2) is 43.0 Å². The van der Waals surface area contributed by atoms with Crippen LogP contribution in [0.25, 0.3) is 0 Å². The normalized spacial score (nSPS) is 12.0. The Balaban J connectivity index is 2.67. The van der Waals surface area contributed by atoms with Crippen LogP contribution in [0.1, 0.15) is 36.7 Å². The predicted octanol–water partition coefficient (Wildman–Crippen LogP) is 2.24. The molecule has 5 nitrogen and oxygen atoms in total. The molecule has 0 aromatic heterocycles. The molecule has 0 aliphatic rings. The van der Waals surface area contributed by atoms with Crippen LogP contribution in [0, 0.1) is 0 Å². The zero-order valence-electron chi connectivity index (χ0n) is 14.7. The number of amides is 1. The second-order valence-electron chi connectivity index (χ2n) is 5.79. The minimum atomic E-state index is -0.0747. The van der Waals surface area contributed by atoms with Crippen molar-refractivity contribution in [3.8, 4) is 0 Å². The van der Waals surface area contributed by atoms with Gasteiger partial charge < -0.3 is 16.0 Å². The third-order valence-electron chi connectivity index (χ3n) is 3.44. The molecular formula is C17H28N4OS. The number of hydrogen-bond donors (Lipinski definition) is 3. The summed E-state index contributed by atoms with van der Waals surface area (Å²) < 4.78 is 0.158. The van der Waals surface area contributed by atoms with Crippen LogP contribution in [-0.2, 0) is 6.54 Å². The predicted molar refractivity (Wildman–Crippen MR) is 100 cm³/mol. The van der Waals surface area contributed by atoms with E-state index in [2.05, 4.69) is 48.0 Å². The third-order valence-corrected chi connectivity index (χ3v) is 4.69. The summed E-state index contributed by atoms with van der Waals surface area (Å²) in [6.07, 6.45) is 2.11. The summed E-state index contributed by atoms with van der Waals surface area (Å²) in [4.78, 5) is 16.1. The van der Waals surface area contributed by atoms with E-state index in [9.17, 15) is 4.79 Å². The Kier molecular flexibility index (Phi) is 7.95. The fourth-order valence-corrected chi connectivity index (χ4v) is 2.00. The lowest BCUT2D eigenvalue weighted by Crippen LogP contribution is -2.43. The topological polar surface area (TPSA) is 65.5 Å². The van der Waals surface area contributed by atoms with E-state index >= 15 is 0 Å². The number of hydrogen-bond acceptors (Lipinski definition) is 3. The molecule has 6 heteroatoms. The van der Waals surface area contributed by atoms with Gasteiger partial charge in [-0.15, -0.1) is 0 Å². The molecule has 1 aromatic carbocycles.